The van der Waals surface area contributed by atoms with E-state index in [0.717, 1.165) is 21.1 Å². The number of carbonyl (C=O) groups is 6. The van der Waals surface area contributed by atoms with E-state index in [-0.39, 0.29) is 33.7 Å². The van der Waals surface area contributed by atoms with Gasteiger partial charge in [-0.3, -0.25) is 29.0 Å². The van der Waals surface area contributed by atoms with Crippen LogP contribution in [0.15, 0.2) is 58.4 Å². The van der Waals surface area contributed by atoms with Gasteiger partial charge < -0.3 is 31.4 Å². The van der Waals surface area contributed by atoms with Gasteiger partial charge in [0.05, 0.1) is 0 Å². The number of nitrogen functional groups attached to an aromatic ring is 1. The topological polar surface area (TPSA) is 234 Å². The number of nitrogens with zero attached hydrogens (tertiary/aromatic N) is 4. The number of oxime groups is 1. The second-order valence-electron chi connectivity index (χ2n) is 9.37. The summed E-state index contributed by atoms with van der Waals surface area (Å²) in [6, 6.07) is -2.08. The molecule has 1 aromatic heterocycles. The molecule has 0 aromatic carbocycles. The van der Waals surface area contributed by atoms with E-state index in [1.807, 2.05) is 0 Å². The molecule has 4 aliphatic heterocycles. The Bertz CT molecular complexity index is 1620. The van der Waals surface area contributed by atoms with E-state index in [9.17, 15) is 39.0 Å². The Labute approximate surface area is 260 Å². The third-order valence-electron chi connectivity index (χ3n) is 6.83. The number of fused-ring (bicyclic) bond motifs is 2. The van der Waals surface area contributed by atoms with E-state index in [0.29, 0.717) is 11.1 Å². The SMILES string of the molecule is C=CC1=C(C(=O)O)N2C(=O)C(NC(=O)CO/N=C(\C(=O)N[C@@H]3C(=O)N4C(C(=O)O)=C(C=C)CSC34)c3csc(N)n3)C2SC1. The van der Waals surface area contributed by atoms with E-state index in [2.05, 4.69) is 33.9 Å². The maximum Gasteiger partial charge on any atom is 0.352 e. The molecular weight excluding hydrogens is 639 g/mol. The number of anilines is 1. The third kappa shape index (κ3) is 5.33. The number of carbonyl (C=O) groups excluding carboxylic acids is 4. The first-order valence-electron chi connectivity index (χ1n) is 12.6. The molecule has 6 N–H and O–H groups in total. The van der Waals surface area contributed by atoms with Crippen LogP contribution in [0.25, 0.3) is 0 Å². The van der Waals surface area contributed by atoms with E-state index >= 15 is 0 Å². The molecule has 0 bridgehead atoms. The summed E-state index contributed by atoms with van der Waals surface area (Å²) in [5.41, 5.74) is 5.68. The first-order valence-corrected chi connectivity index (χ1v) is 15.5. The van der Waals surface area contributed by atoms with Gasteiger partial charge >= 0.3 is 11.9 Å². The minimum Gasteiger partial charge on any atom is -0.477 e. The fourth-order valence-electron chi connectivity index (χ4n) is 4.78. The molecule has 2 saturated heterocycles. The van der Waals surface area contributed by atoms with Crippen LogP contribution in [0.3, 0.4) is 0 Å². The van der Waals surface area contributed by atoms with Crippen molar-refractivity contribution >= 4 is 81.3 Å². The van der Waals surface area contributed by atoms with Gasteiger partial charge in [-0.2, -0.15) is 0 Å². The van der Waals surface area contributed by atoms with Crippen molar-refractivity contribution < 1.29 is 43.8 Å². The molecule has 230 valence electrons. The van der Waals surface area contributed by atoms with Crippen molar-refractivity contribution in [3.63, 3.8) is 0 Å². The fraction of sp³-hybridized carbons (Fsp3) is 0.280. The Morgan fingerprint density at radius 2 is 1.52 bits per heavy atom. The molecule has 0 aliphatic carbocycles. The highest BCUT2D eigenvalue weighted by Gasteiger charge is 2.55. The number of hydrogen-bond donors (Lipinski definition) is 5. The predicted octanol–water partition coefficient (Wildman–Crippen LogP) is -0.705. The lowest BCUT2D eigenvalue weighted by Crippen LogP contribution is -2.71. The summed E-state index contributed by atoms with van der Waals surface area (Å²) in [4.78, 5) is 86.1. The molecule has 5 heterocycles. The summed E-state index contributed by atoms with van der Waals surface area (Å²) < 4.78 is 0. The number of rotatable bonds is 11. The Balaban J connectivity index is 1.24. The summed E-state index contributed by atoms with van der Waals surface area (Å²) in [7, 11) is 0. The highest BCUT2D eigenvalue weighted by atomic mass is 32.2. The zero-order chi connectivity index (χ0) is 31.9. The monoisotopic (exact) mass is 661 g/mol. The number of aromatic nitrogens is 1. The maximum absolute atomic E-state index is 13.2. The number of β-lactam (4-membered cyclic amide) rings is 2. The summed E-state index contributed by atoms with van der Waals surface area (Å²) in [5, 5.41) is 28.1. The van der Waals surface area contributed by atoms with Gasteiger partial charge in [0.25, 0.3) is 23.6 Å². The van der Waals surface area contributed by atoms with Crippen LogP contribution >= 0.6 is 34.9 Å². The van der Waals surface area contributed by atoms with Gasteiger partial charge in [0.2, 0.25) is 0 Å². The molecule has 2 fully saturated rings. The average Bonchev–Trinajstić information content (AvgIpc) is 3.44. The molecule has 0 radical (unpaired) electrons. The lowest BCUT2D eigenvalue weighted by Gasteiger charge is -2.49. The van der Waals surface area contributed by atoms with Crippen molar-refractivity contribution in [3.8, 4) is 0 Å². The number of thiazole rings is 1. The summed E-state index contributed by atoms with van der Waals surface area (Å²) in [6.07, 6.45) is 2.74. The Hall–Kier alpha value is -4.62. The highest BCUT2D eigenvalue weighted by Crippen LogP contribution is 2.41. The number of carboxylic acids is 2. The largest absolute Gasteiger partial charge is 0.477 e. The number of thioether (sulfide) groups is 2. The molecule has 1 aromatic rings. The minimum atomic E-state index is -1.30. The van der Waals surface area contributed by atoms with E-state index in [1.165, 1.54) is 41.1 Å². The minimum absolute atomic E-state index is 0.000160. The zero-order valence-electron chi connectivity index (χ0n) is 22.4. The lowest BCUT2D eigenvalue weighted by molar-refractivity contribution is -0.151. The zero-order valence-corrected chi connectivity index (χ0v) is 24.9. The van der Waals surface area contributed by atoms with Crippen LogP contribution in [0.5, 0.6) is 0 Å². The van der Waals surface area contributed by atoms with Gasteiger partial charge in [-0.15, -0.1) is 34.9 Å². The van der Waals surface area contributed by atoms with Gasteiger partial charge in [0, 0.05) is 16.9 Å². The Kier molecular flexibility index (Phi) is 8.53. The van der Waals surface area contributed by atoms with Crippen molar-refractivity contribution in [2.45, 2.75) is 22.8 Å². The number of nitrogens with one attached hydrogen (secondary N) is 2. The standard InChI is InChI=1S/C25H23N7O9S3/c1-3-9-6-42-21-14(19(35)31(21)16(9)23(37)38)28-12(33)5-41-30-13(11-8-44-25(26)27-11)18(34)29-15-20(36)32-17(24(39)40)10(4-2)7-43-22(15)32/h3-4,8,14-15,21-22H,1-2,5-7H2,(H2,26,27)(H,28,33)(H,29,34)(H,37,38)(H,39,40)/b30-13-/t14?,15-,21?,22?/m1/s1. The second-order valence-corrected chi connectivity index (χ2v) is 12.5. The van der Waals surface area contributed by atoms with Crippen LogP contribution in [-0.2, 0) is 33.6 Å². The van der Waals surface area contributed by atoms with Gasteiger partial charge in [-0.05, 0) is 11.1 Å². The first-order chi connectivity index (χ1) is 21.0. The van der Waals surface area contributed by atoms with Crippen molar-refractivity contribution in [3.05, 3.63) is 58.9 Å². The molecule has 4 amide bonds. The number of aliphatic carboxylic acids is 2. The number of hydrogen-bond acceptors (Lipinski definition) is 13. The molecular formula is C25H23N7O9S3. The molecule has 4 aliphatic rings. The van der Waals surface area contributed by atoms with Crippen molar-refractivity contribution in [1.82, 2.24) is 25.4 Å². The van der Waals surface area contributed by atoms with Gasteiger partial charge in [0.15, 0.2) is 17.5 Å². The number of carboxylic acid groups (broad SMARTS) is 2. The maximum atomic E-state index is 13.2. The van der Waals surface area contributed by atoms with E-state index in [4.69, 9.17) is 10.6 Å². The van der Waals surface area contributed by atoms with Crippen LogP contribution in [0.4, 0.5) is 5.13 Å². The van der Waals surface area contributed by atoms with E-state index in [1.54, 1.807) is 0 Å². The quantitative estimate of drug-likeness (QED) is 0.112. The van der Waals surface area contributed by atoms with Crippen LogP contribution < -0.4 is 16.4 Å². The van der Waals surface area contributed by atoms with Gasteiger partial charge in [-0.25, -0.2) is 14.6 Å². The average molecular weight is 662 g/mol. The van der Waals surface area contributed by atoms with Gasteiger partial charge in [0.1, 0.15) is 39.9 Å². The normalized spacial score (nSPS) is 24.4. The summed E-state index contributed by atoms with van der Waals surface area (Å²) in [5.74, 6) is -4.96. The van der Waals surface area contributed by atoms with Crippen LogP contribution in [0.2, 0.25) is 0 Å². The molecule has 19 heteroatoms. The first kappa shape index (κ1) is 30.8. The highest BCUT2D eigenvalue weighted by molar-refractivity contribution is 8.00. The molecule has 16 nitrogen and oxygen atoms in total. The van der Waals surface area contributed by atoms with Gasteiger partial charge in [-0.1, -0.05) is 30.5 Å². The predicted molar refractivity (Wildman–Crippen MR) is 159 cm³/mol. The van der Waals surface area contributed by atoms with Crippen molar-refractivity contribution in [2.24, 2.45) is 5.16 Å². The molecule has 4 atom stereocenters. The molecule has 0 spiro atoms. The third-order valence-corrected chi connectivity index (χ3v) is 10.1. The summed E-state index contributed by atoms with van der Waals surface area (Å²) >= 11 is 3.51. The van der Waals surface area contributed by atoms with Crippen molar-refractivity contribution in [1.29, 1.82) is 0 Å². The second kappa shape index (κ2) is 12.2. The molecule has 44 heavy (non-hydrogen) atoms. The number of allylic oxidation sites excluding steroid dienone is 2. The molecule has 0 saturated carbocycles. The fourth-order valence-corrected chi connectivity index (χ4v) is 8.01. The smallest absolute Gasteiger partial charge is 0.352 e. The number of amides is 4. The number of nitrogens with two attached hydrogens (primary N) is 1. The lowest BCUT2D eigenvalue weighted by atomic mass is 10.0. The van der Waals surface area contributed by atoms with Crippen LogP contribution in [0.1, 0.15) is 5.69 Å². The van der Waals surface area contributed by atoms with Crippen LogP contribution in [-0.4, -0.2) is 107 Å². The summed E-state index contributed by atoms with van der Waals surface area (Å²) in [6.45, 7) is 6.45. The van der Waals surface area contributed by atoms with Crippen molar-refractivity contribution in [2.75, 3.05) is 23.8 Å². The molecule has 3 unspecified atom stereocenters. The van der Waals surface area contributed by atoms with Crippen LogP contribution in [0, 0.1) is 0 Å². The Morgan fingerprint density at radius 1 is 1.00 bits per heavy atom. The van der Waals surface area contributed by atoms with E-state index < -0.39 is 70.7 Å². The molecule has 5 rings (SSSR count). The Morgan fingerprint density at radius 3 is 1.98 bits per heavy atom.